The number of nitrogens with one attached hydrogen (secondary N) is 1. The van der Waals surface area contributed by atoms with Crippen LogP contribution in [0.1, 0.15) is 24.6 Å². The topological polar surface area (TPSA) is 124 Å². The van der Waals surface area contributed by atoms with E-state index in [2.05, 4.69) is 10.3 Å². The molecule has 2 heterocycles. The van der Waals surface area contributed by atoms with Gasteiger partial charge in [-0.2, -0.15) is 0 Å². The van der Waals surface area contributed by atoms with Crippen molar-refractivity contribution in [1.29, 1.82) is 0 Å². The molecule has 1 aliphatic rings. The largest absolute Gasteiger partial charge is 0.489 e. The number of hydrogen-bond acceptors (Lipinski definition) is 6. The van der Waals surface area contributed by atoms with Gasteiger partial charge in [0.1, 0.15) is 17.7 Å². The average molecular weight is 470 g/mol. The van der Waals surface area contributed by atoms with Crippen LogP contribution < -0.4 is 21.5 Å². The van der Waals surface area contributed by atoms with Gasteiger partial charge in [-0.05, 0) is 37.6 Å². The number of para-hydroxylation sites is 1. The fourth-order valence-electron chi connectivity index (χ4n) is 3.58. The van der Waals surface area contributed by atoms with E-state index >= 15 is 0 Å². The Balaban J connectivity index is 0.00000240. The number of halogens is 2. The minimum absolute atomic E-state index is 0. The summed E-state index contributed by atoms with van der Waals surface area (Å²) in [6.45, 7) is 4.39. The van der Waals surface area contributed by atoms with Crippen molar-refractivity contribution in [1.82, 2.24) is 15.2 Å². The molecular weight excluding hydrogens is 441 g/mol. The van der Waals surface area contributed by atoms with Gasteiger partial charge in [-0.3, -0.25) is 14.5 Å². The predicted octanol–water partition coefficient (Wildman–Crippen LogP) is 1.83. The van der Waals surface area contributed by atoms with Crippen LogP contribution in [-0.4, -0.2) is 46.4 Å². The number of primary amides is 1. The minimum Gasteiger partial charge on any atom is -0.489 e. The first-order valence-corrected chi connectivity index (χ1v) is 9.61. The molecule has 1 aromatic heterocycles. The lowest BCUT2D eigenvalue weighted by molar-refractivity contribution is -0.129. The van der Waals surface area contributed by atoms with Crippen molar-refractivity contribution in [3.8, 4) is 5.75 Å². The molecule has 31 heavy (non-hydrogen) atoms. The summed E-state index contributed by atoms with van der Waals surface area (Å²) in [5.74, 6) is 0.526. The van der Waals surface area contributed by atoms with Gasteiger partial charge in [0.2, 0.25) is 11.8 Å². The van der Waals surface area contributed by atoms with Gasteiger partial charge in [0, 0.05) is 25.2 Å². The number of likely N-dealkylation sites (tertiary alicyclic amines) is 1. The molecule has 2 amide bonds. The summed E-state index contributed by atoms with van der Waals surface area (Å²) in [6, 6.07) is 11.9. The Morgan fingerprint density at radius 2 is 1.90 bits per heavy atom. The second-order valence-electron chi connectivity index (χ2n) is 7.28. The van der Waals surface area contributed by atoms with Gasteiger partial charge in [0.05, 0.1) is 12.1 Å². The molecule has 1 fully saturated rings. The number of nitrogen functional groups attached to an aromatic ring is 1. The number of ether oxygens (including phenoxy) is 1. The Hall–Kier alpha value is -2.55. The van der Waals surface area contributed by atoms with Crippen LogP contribution >= 0.6 is 24.8 Å². The summed E-state index contributed by atoms with van der Waals surface area (Å²) in [5.41, 5.74) is 12.9. The van der Waals surface area contributed by atoms with Crippen molar-refractivity contribution in [2.45, 2.75) is 45.0 Å². The van der Waals surface area contributed by atoms with E-state index in [0.717, 1.165) is 17.0 Å². The van der Waals surface area contributed by atoms with Gasteiger partial charge < -0.3 is 21.5 Å². The third-order valence-corrected chi connectivity index (χ3v) is 5.22. The van der Waals surface area contributed by atoms with Gasteiger partial charge >= 0.3 is 0 Å². The van der Waals surface area contributed by atoms with Crippen molar-refractivity contribution in [2.75, 3.05) is 12.3 Å². The van der Waals surface area contributed by atoms with Gasteiger partial charge in [0.15, 0.2) is 0 Å². The second kappa shape index (κ2) is 11.7. The van der Waals surface area contributed by atoms with Crippen LogP contribution in [0.2, 0.25) is 0 Å². The molecule has 0 spiro atoms. The predicted molar refractivity (Wildman–Crippen MR) is 124 cm³/mol. The number of benzene rings is 1. The molecule has 8 nitrogen and oxygen atoms in total. The van der Waals surface area contributed by atoms with Crippen molar-refractivity contribution >= 4 is 42.4 Å². The van der Waals surface area contributed by atoms with Crippen LogP contribution in [0.25, 0.3) is 0 Å². The summed E-state index contributed by atoms with van der Waals surface area (Å²) >= 11 is 0. The van der Waals surface area contributed by atoms with Crippen LogP contribution in [0.15, 0.2) is 42.5 Å². The van der Waals surface area contributed by atoms with E-state index in [0.29, 0.717) is 25.3 Å². The highest BCUT2D eigenvalue weighted by Gasteiger charge is 2.41. The van der Waals surface area contributed by atoms with Crippen LogP contribution in [0.3, 0.4) is 0 Å². The maximum Gasteiger partial charge on any atom is 0.237 e. The molecule has 2 unspecified atom stereocenters. The van der Waals surface area contributed by atoms with Gasteiger partial charge in [-0.1, -0.05) is 24.3 Å². The summed E-state index contributed by atoms with van der Waals surface area (Å²) in [5, 5.41) is 2.91. The van der Waals surface area contributed by atoms with Crippen LogP contribution in [0, 0.1) is 6.92 Å². The third kappa shape index (κ3) is 6.72. The van der Waals surface area contributed by atoms with Crippen molar-refractivity contribution < 1.29 is 14.3 Å². The number of anilines is 1. The molecule has 1 aliphatic heterocycles. The third-order valence-electron chi connectivity index (χ3n) is 5.22. The fraction of sp³-hybridized carbons (Fsp3) is 0.381. The zero-order chi connectivity index (χ0) is 21.0. The number of aryl methyl sites for hydroxylation is 1. The molecule has 1 aromatic carbocycles. The lowest BCUT2D eigenvalue weighted by Gasteiger charge is -2.27. The highest BCUT2D eigenvalue weighted by Crippen LogP contribution is 2.25. The van der Waals surface area contributed by atoms with Crippen molar-refractivity contribution in [3.63, 3.8) is 0 Å². The number of rotatable bonds is 7. The van der Waals surface area contributed by atoms with Crippen LogP contribution in [0.4, 0.5) is 5.82 Å². The van der Waals surface area contributed by atoms with Gasteiger partial charge in [-0.15, -0.1) is 24.8 Å². The van der Waals surface area contributed by atoms with E-state index in [1.807, 2.05) is 43.3 Å². The Morgan fingerprint density at radius 1 is 1.23 bits per heavy atom. The monoisotopic (exact) mass is 469 g/mol. The average Bonchev–Trinajstić information content (AvgIpc) is 3.11. The number of nitrogens with two attached hydrogens (primary N) is 2. The summed E-state index contributed by atoms with van der Waals surface area (Å²) < 4.78 is 5.97. The molecule has 0 radical (unpaired) electrons. The highest BCUT2D eigenvalue weighted by atomic mass is 35.5. The molecule has 170 valence electrons. The molecule has 3 atom stereocenters. The first-order chi connectivity index (χ1) is 13.8. The second-order valence-corrected chi connectivity index (χ2v) is 7.28. The molecule has 3 rings (SSSR count). The zero-order valence-corrected chi connectivity index (χ0v) is 19.1. The molecular formula is C21H29Cl2N5O3. The molecule has 2 aromatic rings. The van der Waals surface area contributed by atoms with Crippen molar-refractivity contribution in [3.05, 3.63) is 53.7 Å². The first-order valence-electron chi connectivity index (χ1n) is 9.61. The van der Waals surface area contributed by atoms with E-state index in [4.69, 9.17) is 16.2 Å². The lowest BCUT2D eigenvalue weighted by atomic mass is 10.1. The number of carbonyl (C=O) groups is 2. The number of nitrogens with zero attached hydrogens (tertiary/aromatic N) is 2. The SMILES string of the molecule is Cc1nc(N)ccc1CNC(=O)[C@H](C)N1CC(Oc2ccccc2)CC1C(N)=O.Cl.Cl. The van der Waals surface area contributed by atoms with Crippen LogP contribution in [0.5, 0.6) is 5.75 Å². The van der Waals surface area contributed by atoms with Gasteiger partial charge in [-0.25, -0.2) is 4.98 Å². The van der Waals surface area contributed by atoms with E-state index < -0.39 is 18.0 Å². The fourth-order valence-corrected chi connectivity index (χ4v) is 3.58. The van der Waals surface area contributed by atoms with Crippen LogP contribution in [-0.2, 0) is 16.1 Å². The Labute approximate surface area is 194 Å². The number of aromatic nitrogens is 1. The minimum atomic E-state index is -0.551. The zero-order valence-electron chi connectivity index (χ0n) is 17.5. The maximum atomic E-state index is 12.7. The molecule has 10 heteroatoms. The quantitative estimate of drug-likeness (QED) is 0.567. The van der Waals surface area contributed by atoms with E-state index in [9.17, 15) is 9.59 Å². The normalized spacial score (nSPS) is 18.9. The van der Waals surface area contributed by atoms with E-state index in [-0.39, 0.29) is 36.8 Å². The van der Waals surface area contributed by atoms with Gasteiger partial charge in [0.25, 0.3) is 0 Å². The molecule has 0 bridgehead atoms. The lowest BCUT2D eigenvalue weighted by Crippen LogP contribution is -2.51. The van der Waals surface area contributed by atoms with E-state index in [1.54, 1.807) is 17.9 Å². The number of hydrogen-bond donors (Lipinski definition) is 3. The smallest absolute Gasteiger partial charge is 0.237 e. The highest BCUT2D eigenvalue weighted by molar-refractivity contribution is 5.86. The van der Waals surface area contributed by atoms with E-state index in [1.165, 1.54) is 0 Å². The molecule has 0 saturated carbocycles. The summed E-state index contributed by atoms with van der Waals surface area (Å²) in [7, 11) is 0. The Kier molecular flexibility index (Phi) is 10.0. The molecule has 5 N–H and O–H groups in total. The summed E-state index contributed by atoms with van der Waals surface area (Å²) in [6.07, 6.45) is 0.233. The van der Waals surface area contributed by atoms with Crippen molar-refractivity contribution in [2.24, 2.45) is 5.73 Å². The molecule has 1 saturated heterocycles. The maximum absolute atomic E-state index is 12.7. The Bertz CT molecular complexity index is 885. The summed E-state index contributed by atoms with van der Waals surface area (Å²) in [4.78, 5) is 30.7. The standard InChI is InChI=1S/C21H27N5O3.2ClH/c1-13-15(8-9-19(22)25-13)11-24-21(28)14(2)26-12-17(10-18(26)20(23)27)29-16-6-4-3-5-7-16;;/h3-9,14,17-18H,10-12H2,1-2H3,(H2,22,25)(H2,23,27)(H,24,28);2*1H/t14-,17?,18?;;/m0../s1. The number of pyridine rings is 1. The number of carbonyl (C=O) groups excluding carboxylic acids is 2. The Morgan fingerprint density at radius 3 is 2.52 bits per heavy atom. The number of amides is 2. The molecule has 0 aliphatic carbocycles. The first kappa shape index (κ1) is 26.5.